The average Bonchev–Trinajstić information content (AvgIpc) is 2.42. The van der Waals surface area contributed by atoms with Gasteiger partial charge >= 0.3 is 0 Å². The summed E-state index contributed by atoms with van der Waals surface area (Å²) in [6, 6.07) is 3.54. The molecule has 0 aliphatic rings. The van der Waals surface area contributed by atoms with Gasteiger partial charge in [-0.3, -0.25) is 0 Å². The predicted octanol–water partition coefficient (Wildman–Crippen LogP) is 1.53. The predicted molar refractivity (Wildman–Crippen MR) is 74.2 cm³/mol. The molecule has 5 heteroatoms. The van der Waals surface area contributed by atoms with E-state index < -0.39 is 0 Å². The molecule has 0 aromatic heterocycles. The molecule has 2 unspecified atom stereocenters. The number of rotatable bonds is 7. The summed E-state index contributed by atoms with van der Waals surface area (Å²) in [7, 11) is 4.76. The number of aliphatic hydroxyl groups excluding tert-OH is 1. The molecule has 0 saturated carbocycles. The molecule has 0 saturated heterocycles. The molecule has 19 heavy (non-hydrogen) atoms. The number of aliphatic hydroxyl groups is 1. The monoisotopic (exact) mass is 269 g/mol. The van der Waals surface area contributed by atoms with E-state index in [1.165, 1.54) is 0 Å². The molecule has 0 amide bonds. The summed E-state index contributed by atoms with van der Waals surface area (Å²) >= 11 is 0. The molecule has 0 aliphatic carbocycles. The van der Waals surface area contributed by atoms with Gasteiger partial charge in [-0.15, -0.1) is 0 Å². The molecule has 0 fully saturated rings. The second kappa shape index (κ2) is 7.21. The minimum atomic E-state index is -0.0980. The highest BCUT2D eigenvalue weighted by Crippen LogP contribution is 2.39. The first-order valence-corrected chi connectivity index (χ1v) is 6.25. The number of hydrogen-bond donors (Lipinski definition) is 2. The van der Waals surface area contributed by atoms with Crippen molar-refractivity contribution in [3.8, 4) is 17.2 Å². The average molecular weight is 269 g/mol. The molecule has 2 atom stereocenters. The van der Waals surface area contributed by atoms with Crippen molar-refractivity contribution in [3.63, 3.8) is 0 Å². The van der Waals surface area contributed by atoms with E-state index in [0.29, 0.717) is 23.7 Å². The summed E-state index contributed by atoms with van der Waals surface area (Å²) < 4.78 is 15.9. The van der Waals surface area contributed by atoms with E-state index in [2.05, 4.69) is 0 Å². The van der Waals surface area contributed by atoms with Crippen molar-refractivity contribution in [2.45, 2.75) is 25.3 Å². The fraction of sp³-hybridized carbons (Fsp3) is 0.571. The van der Waals surface area contributed by atoms with Crippen molar-refractivity contribution >= 4 is 0 Å². The Morgan fingerprint density at radius 2 is 1.58 bits per heavy atom. The van der Waals surface area contributed by atoms with Crippen LogP contribution in [0, 0.1) is 0 Å². The van der Waals surface area contributed by atoms with Gasteiger partial charge < -0.3 is 25.1 Å². The van der Waals surface area contributed by atoms with Gasteiger partial charge in [-0.25, -0.2) is 0 Å². The first-order chi connectivity index (χ1) is 9.08. The number of hydrogen-bond acceptors (Lipinski definition) is 5. The Bertz CT molecular complexity index is 407. The number of benzene rings is 1. The lowest BCUT2D eigenvalue weighted by Crippen LogP contribution is -2.26. The van der Waals surface area contributed by atoms with E-state index in [1.807, 2.05) is 13.0 Å². The number of methoxy groups -OCH3 is 3. The lowest BCUT2D eigenvalue weighted by Gasteiger charge is -2.24. The smallest absolute Gasteiger partial charge is 0.164 e. The van der Waals surface area contributed by atoms with Crippen molar-refractivity contribution in [1.82, 2.24) is 0 Å². The summed E-state index contributed by atoms with van der Waals surface area (Å²) in [6.45, 7) is 1.99. The van der Waals surface area contributed by atoms with E-state index in [0.717, 1.165) is 5.56 Å². The quantitative estimate of drug-likeness (QED) is 0.785. The molecule has 0 radical (unpaired) electrons. The maximum atomic E-state index is 9.19. The van der Waals surface area contributed by atoms with Gasteiger partial charge in [-0.1, -0.05) is 0 Å². The van der Waals surface area contributed by atoms with Crippen molar-refractivity contribution in [3.05, 3.63) is 17.7 Å². The molecule has 0 aliphatic heterocycles. The van der Waals surface area contributed by atoms with Crippen LogP contribution in [0.1, 0.15) is 24.8 Å². The first-order valence-electron chi connectivity index (χ1n) is 6.25. The highest BCUT2D eigenvalue weighted by molar-refractivity contribution is 5.52. The van der Waals surface area contributed by atoms with E-state index >= 15 is 0 Å². The third kappa shape index (κ3) is 3.52. The minimum absolute atomic E-state index is 0.000226. The van der Waals surface area contributed by atoms with Gasteiger partial charge in [0.1, 0.15) is 5.75 Å². The van der Waals surface area contributed by atoms with Gasteiger partial charge in [0.05, 0.1) is 21.3 Å². The van der Waals surface area contributed by atoms with E-state index in [1.54, 1.807) is 27.4 Å². The van der Waals surface area contributed by atoms with Crippen LogP contribution in [0.4, 0.5) is 0 Å². The maximum absolute atomic E-state index is 9.19. The van der Waals surface area contributed by atoms with Crippen LogP contribution < -0.4 is 19.9 Å². The van der Waals surface area contributed by atoms with Crippen LogP contribution in [0.3, 0.4) is 0 Å². The topological polar surface area (TPSA) is 73.9 Å². The third-order valence-electron chi connectivity index (χ3n) is 3.21. The van der Waals surface area contributed by atoms with E-state index in [9.17, 15) is 5.11 Å². The largest absolute Gasteiger partial charge is 0.496 e. The van der Waals surface area contributed by atoms with Crippen LogP contribution in [-0.2, 0) is 0 Å². The fourth-order valence-electron chi connectivity index (χ4n) is 2.18. The lowest BCUT2D eigenvalue weighted by molar-refractivity contribution is 0.266. The molecule has 3 N–H and O–H groups in total. The Morgan fingerprint density at radius 3 is 2.00 bits per heavy atom. The summed E-state index contributed by atoms with van der Waals surface area (Å²) in [5, 5.41) is 9.19. The zero-order chi connectivity index (χ0) is 14.4. The fourth-order valence-corrected chi connectivity index (χ4v) is 2.18. The Labute approximate surface area is 114 Å². The molecule has 1 aromatic carbocycles. The van der Waals surface area contributed by atoms with Gasteiger partial charge in [0, 0.05) is 30.2 Å². The van der Waals surface area contributed by atoms with Gasteiger partial charge in [0.25, 0.3) is 0 Å². The van der Waals surface area contributed by atoms with E-state index in [-0.39, 0.29) is 18.6 Å². The lowest BCUT2D eigenvalue weighted by atomic mass is 9.89. The van der Waals surface area contributed by atoms with Crippen molar-refractivity contribution in [2.24, 2.45) is 5.73 Å². The Morgan fingerprint density at radius 1 is 1.05 bits per heavy atom. The molecule has 1 aromatic rings. The van der Waals surface area contributed by atoms with Crippen molar-refractivity contribution < 1.29 is 19.3 Å². The summed E-state index contributed by atoms with van der Waals surface area (Å²) in [4.78, 5) is 0. The SMILES string of the molecule is COc1cc(OC)c(C(CCO)C(C)N)cc1OC. The molecule has 1 rings (SSSR count). The number of ether oxygens (including phenoxy) is 3. The molecular formula is C14H23NO4. The second-order valence-corrected chi connectivity index (χ2v) is 4.43. The molecule has 5 nitrogen and oxygen atoms in total. The Balaban J connectivity index is 3.30. The standard InChI is InChI=1S/C14H23NO4/c1-9(15)10(5-6-16)11-7-13(18-3)14(19-4)8-12(11)17-2/h7-10,16H,5-6,15H2,1-4H3. The normalized spacial score (nSPS) is 13.8. The van der Waals surface area contributed by atoms with Crippen LogP contribution in [-0.4, -0.2) is 39.1 Å². The maximum Gasteiger partial charge on any atom is 0.164 e. The second-order valence-electron chi connectivity index (χ2n) is 4.43. The van der Waals surface area contributed by atoms with E-state index in [4.69, 9.17) is 19.9 Å². The van der Waals surface area contributed by atoms with Crippen LogP contribution >= 0.6 is 0 Å². The van der Waals surface area contributed by atoms with Gasteiger partial charge in [-0.05, 0) is 19.4 Å². The van der Waals surface area contributed by atoms with Crippen molar-refractivity contribution in [1.29, 1.82) is 0 Å². The third-order valence-corrected chi connectivity index (χ3v) is 3.21. The summed E-state index contributed by atoms with van der Waals surface area (Å²) in [5.74, 6) is 1.92. The molecule has 0 bridgehead atoms. The molecule has 0 spiro atoms. The minimum Gasteiger partial charge on any atom is -0.496 e. The highest BCUT2D eigenvalue weighted by Gasteiger charge is 2.22. The van der Waals surface area contributed by atoms with Gasteiger partial charge in [-0.2, -0.15) is 0 Å². The van der Waals surface area contributed by atoms with Gasteiger partial charge in [0.15, 0.2) is 11.5 Å². The molecule has 108 valence electrons. The Hall–Kier alpha value is -1.46. The van der Waals surface area contributed by atoms with Crippen LogP contribution in [0.5, 0.6) is 17.2 Å². The zero-order valence-corrected chi connectivity index (χ0v) is 12.0. The molecular weight excluding hydrogens is 246 g/mol. The van der Waals surface area contributed by atoms with Crippen LogP contribution in [0.2, 0.25) is 0 Å². The zero-order valence-electron chi connectivity index (χ0n) is 12.0. The van der Waals surface area contributed by atoms with Crippen LogP contribution in [0.25, 0.3) is 0 Å². The Kier molecular flexibility index (Phi) is 5.92. The van der Waals surface area contributed by atoms with Gasteiger partial charge in [0.2, 0.25) is 0 Å². The highest BCUT2D eigenvalue weighted by atomic mass is 16.5. The summed E-state index contributed by atoms with van der Waals surface area (Å²) in [5.41, 5.74) is 6.92. The van der Waals surface area contributed by atoms with Crippen LogP contribution in [0.15, 0.2) is 12.1 Å². The summed E-state index contributed by atoms with van der Waals surface area (Å²) in [6.07, 6.45) is 0.573. The van der Waals surface area contributed by atoms with Crippen molar-refractivity contribution in [2.75, 3.05) is 27.9 Å². The molecule has 0 heterocycles. The number of nitrogens with two attached hydrogens (primary N) is 1. The first kappa shape index (κ1) is 15.6.